The van der Waals surface area contributed by atoms with Crippen LogP contribution in [0.15, 0.2) is 35.9 Å². The van der Waals surface area contributed by atoms with E-state index in [1.807, 2.05) is 12.1 Å². The van der Waals surface area contributed by atoms with Gasteiger partial charge in [-0.3, -0.25) is 9.69 Å². The molecule has 3 saturated heterocycles. The molecule has 3 aliphatic heterocycles. The lowest BCUT2D eigenvalue weighted by atomic mass is 9.94. The third-order valence-corrected chi connectivity index (χ3v) is 5.17. The molecule has 0 unspecified atom stereocenters. The van der Waals surface area contributed by atoms with Gasteiger partial charge in [-0.05, 0) is 44.4 Å². The smallest absolute Gasteiger partial charge is 0.335 e. The Morgan fingerprint density at radius 2 is 1.92 bits per heavy atom. The average Bonchev–Trinajstić information content (AvgIpc) is 2.83. The molecule has 0 radical (unpaired) electrons. The van der Waals surface area contributed by atoms with Crippen molar-refractivity contribution < 1.29 is 14.7 Å². The molecule has 1 aromatic rings. The number of carbonyl (C=O) groups excluding carboxylic acids is 1. The van der Waals surface area contributed by atoms with Crippen molar-refractivity contribution in [1.29, 1.82) is 0 Å². The highest BCUT2D eigenvalue weighted by molar-refractivity contribution is 5.87. The summed E-state index contributed by atoms with van der Waals surface area (Å²) >= 11 is 0. The molecule has 134 valence electrons. The molecular weight excluding hydrogens is 316 g/mol. The fourth-order valence-corrected chi connectivity index (χ4v) is 3.79. The van der Waals surface area contributed by atoms with E-state index >= 15 is 0 Å². The molecule has 2 atom stereocenters. The lowest BCUT2D eigenvalue weighted by Crippen LogP contribution is -2.47. The maximum absolute atomic E-state index is 12.7. The van der Waals surface area contributed by atoms with Crippen LogP contribution in [0.5, 0.6) is 0 Å². The van der Waals surface area contributed by atoms with Crippen LogP contribution in [0.4, 0.5) is 0 Å². The quantitative estimate of drug-likeness (QED) is 0.836. The number of fused-ring (bicyclic) bond motifs is 4. The number of benzene rings is 1. The molecule has 5 heteroatoms. The van der Waals surface area contributed by atoms with Gasteiger partial charge in [0.05, 0.1) is 11.5 Å². The van der Waals surface area contributed by atoms with E-state index in [1.54, 1.807) is 12.1 Å². The van der Waals surface area contributed by atoms with Gasteiger partial charge in [0, 0.05) is 32.2 Å². The first-order valence-corrected chi connectivity index (χ1v) is 8.92. The van der Waals surface area contributed by atoms with Gasteiger partial charge in [-0.2, -0.15) is 0 Å². The molecule has 2 bridgehead atoms. The minimum Gasteiger partial charge on any atom is -0.478 e. The molecule has 0 aromatic heterocycles. The maximum atomic E-state index is 12.7. The minimum atomic E-state index is -0.903. The number of piperidine rings is 1. The molecule has 5 nitrogen and oxygen atoms in total. The van der Waals surface area contributed by atoms with E-state index in [0.29, 0.717) is 12.1 Å². The number of hydrogen-bond acceptors (Lipinski definition) is 3. The second-order valence-electron chi connectivity index (χ2n) is 7.40. The molecule has 0 saturated carbocycles. The first kappa shape index (κ1) is 17.7. The van der Waals surface area contributed by atoms with Gasteiger partial charge in [0.2, 0.25) is 5.91 Å². The van der Waals surface area contributed by atoms with E-state index in [0.717, 1.165) is 38.0 Å². The topological polar surface area (TPSA) is 60.9 Å². The van der Waals surface area contributed by atoms with Crippen LogP contribution in [-0.2, 0) is 11.3 Å². The Morgan fingerprint density at radius 1 is 1.20 bits per heavy atom. The third kappa shape index (κ3) is 4.10. The van der Waals surface area contributed by atoms with Crippen LogP contribution in [-0.4, -0.2) is 52.5 Å². The number of carbonyl (C=O) groups is 2. The Hall–Kier alpha value is -2.14. The molecule has 25 heavy (non-hydrogen) atoms. The number of nitrogens with zero attached hydrogens (tertiary/aromatic N) is 2. The van der Waals surface area contributed by atoms with Gasteiger partial charge >= 0.3 is 5.97 Å². The number of carboxylic acid groups (broad SMARTS) is 1. The summed E-state index contributed by atoms with van der Waals surface area (Å²) in [6.45, 7) is 7.28. The Morgan fingerprint density at radius 3 is 2.56 bits per heavy atom. The monoisotopic (exact) mass is 342 g/mol. The molecule has 0 aliphatic carbocycles. The van der Waals surface area contributed by atoms with E-state index in [4.69, 9.17) is 5.11 Å². The molecule has 4 rings (SSSR count). The molecule has 3 fully saturated rings. The largest absolute Gasteiger partial charge is 0.478 e. The number of aromatic carboxylic acids is 1. The minimum absolute atomic E-state index is 0.0857. The predicted octanol–water partition coefficient (Wildman–Crippen LogP) is 2.77. The number of allylic oxidation sites excluding steroid dienone is 1. The SMILES string of the molecule is CC(C)=CCN1C(=O)[C@H]2CC[C@@H]1CN(Cc1ccc(C(=O)O)cc1)C2. The first-order chi connectivity index (χ1) is 11.9. The number of carboxylic acids is 1. The molecule has 1 N–H and O–H groups in total. The van der Waals surface area contributed by atoms with Gasteiger partial charge in [0.25, 0.3) is 0 Å². The highest BCUT2D eigenvalue weighted by Gasteiger charge is 2.39. The summed E-state index contributed by atoms with van der Waals surface area (Å²) in [6, 6.07) is 7.32. The van der Waals surface area contributed by atoms with E-state index in [-0.39, 0.29) is 17.9 Å². The van der Waals surface area contributed by atoms with Crippen LogP contribution in [0.1, 0.15) is 42.6 Å². The van der Waals surface area contributed by atoms with Gasteiger partial charge in [-0.25, -0.2) is 4.79 Å². The summed E-state index contributed by atoms with van der Waals surface area (Å²) in [5.74, 6) is -0.528. The van der Waals surface area contributed by atoms with Crippen molar-refractivity contribution in [3.63, 3.8) is 0 Å². The first-order valence-electron chi connectivity index (χ1n) is 8.92. The molecular formula is C20H26N2O3. The van der Waals surface area contributed by atoms with Crippen LogP contribution in [0.3, 0.4) is 0 Å². The summed E-state index contributed by atoms with van der Waals surface area (Å²) in [4.78, 5) is 28.1. The van der Waals surface area contributed by atoms with E-state index in [9.17, 15) is 9.59 Å². The highest BCUT2D eigenvalue weighted by atomic mass is 16.4. The Balaban J connectivity index is 1.70. The van der Waals surface area contributed by atoms with E-state index in [2.05, 4.69) is 29.7 Å². The molecule has 1 amide bonds. The van der Waals surface area contributed by atoms with Crippen molar-refractivity contribution in [2.24, 2.45) is 5.92 Å². The summed E-state index contributed by atoms with van der Waals surface area (Å²) in [6.07, 6.45) is 4.18. The van der Waals surface area contributed by atoms with Crippen molar-refractivity contribution >= 4 is 11.9 Å². The van der Waals surface area contributed by atoms with Crippen LogP contribution in [0.2, 0.25) is 0 Å². The lowest BCUT2D eigenvalue weighted by Gasteiger charge is -2.35. The molecule has 3 aliphatic rings. The zero-order valence-corrected chi connectivity index (χ0v) is 14.9. The number of hydrogen-bond donors (Lipinski definition) is 1. The van der Waals surface area contributed by atoms with Crippen LogP contribution in [0.25, 0.3) is 0 Å². The Kier molecular flexibility index (Phi) is 5.23. The Labute approximate surface area is 148 Å². The van der Waals surface area contributed by atoms with Gasteiger partial charge < -0.3 is 10.0 Å². The predicted molar refractivity (Wildman–Crippen MR) is 96.3 cm³/mol. The van der Waals surface area contributed by atoms with Crippen LogP contribution >= 0.6 is 0 Å². The standard InChI is InChI=1S/C20H26N2O3/c1-14(2)9-10-22-18-8-7-17(19(22)23)12-21(13-18)11-15-3-5-16(6-4-15)20(24)25/h3-6,9,17-18H,7-8,10-13H2,1-2H3,(H,24,25)/t17-,18+/m0/s1. The summed E-state index contributed by atoms with van der Waals surface area (Å²) in [5.41, 5.74) is 2.64. The average molecular weight is 342 g/mol. The maximum Gasteiger partial charge on any atom is 0.335 e. The van der Waals surface area contributed by atoms with Crippen molar-refractivity contribution in [3.05, 3.63) is 47.0 Å². The van der Waals surface area contributed by atoms with E-state index in [1.165, 1.54) is 5.57 Å². The van der Waals surface area contributed by atoms with Crippen molar-refractivity contribution in [2.75, 3.05) is 19.6 Å². The number of rotatable bonds is 5. The van der Waals surface area contributed by atoms with Gasteiger partial charge in [0.1, 0.15) is 0 Å². The summed E-state index contributed by atoms with van der Waals surface area (Å²) in [7, 11) is 0. The zero-order chi connectivity index (χ0) is 18.0. The van der Waals surface area contributed by atoms with Crippen LogP contribution in [0, 0.1) is 5.92 Å². The Bertz CT molecular complexity index is 677. The molecule has 0 spiro atoms. The highest BCUT2D eigenvalue weighted by Crippen LogP contribution is 2.30. The summed E-state index contributed by atoms with van der Waals surface area (Å²) < 4.78 is 0. The zero-order valence-electron chi connectivity index (χ0n) is 14.9. The third-order valence-electron chi connectivity index (χ3n) is 5.17. The van der Waals surface area contributed by atoms with Crippen molar-refractivity contribution in [2.45, 2.75) is 39.3 Å². The van der Waals surface area contributed by atoms with E-state index < -0.39 is 5.97 Å². The lowest BCUT2D eigenvalue weighted by molar-refractivity contribution is -0.139. The van der Waals surface area contributed by atoms with Crippen molar-refractivity contribution in [3.8, 4) is 0 Å². The fourth-order valence-electron chi connectivity index (χ4n) is 3.79. The molecule has 1 aromatic carbocycles. The van der Waals surface area contributed by atoms with Gasteiger partial charge in [0.15, 0.2) is 0 Å². The normalized spacial score (nSPS) is 23.4. The van der Waals surface area contributed by atoms with Gasteiger partial charge in [-0.15, -0.1) is 0 Å². The van der Waals surface area contributed by atoms with Crippen LogP contribution < -0.4 is 0 Å². The summed E-state index contributed by atoms with van der Waals surface area (Å²) in [5, 5.41) is 9.00. The second-order valence-corrected chi connectivity index (χ2v) is 7.40. The molecule has 3 heterocycles. The second kappa shape index (κ2) is 7.40. The van der Waals surface area contributed by atoms with Gasteiger partial charge in [-0.1, -0.05) is 23.8 Å². The number of amides is 1. The van der Waals surface area contributed by atoms with Crippen molar-refractivity contribution in [1.82, 2.24) is 9.80 Å². The fraction of sp³-hybridized carbons (Fsp3) is 0.500.